The Labute approximate surface area is 109 Å². The van der Waals surface area contributed by atoms with Crippen LogP contribution in [0.4, 0.5) is 17.1 Å². The van der Waals surface area contributed by atoms with Gasteiger partial charge in [0.1, 0.15) is 0 Å². The van der Waals surface area contributed by atoms with Gasteiger partial charge in [0.15, 0.2) is 0 Å². The molecule has 1 heterocycles. The van der Waals surface area contributed by atoms with E-state index in [9.17, 15) is 4.79 Å². The summed E-state index contributed by atoms with van der Waals surface area (Å²) in [6, 6.07) is 3.03. The second-order valence-electron chi connectivity index (χ2n) is 3.82. The molecule has 2 aromatic rings. The quantitative estimate of drug-likeness (QED) is 0.732. The zero-order valence-corrected chi connectivity index (χ0v) is 10.4. The molecule has 0 fully saturated rings. The van der Waals surface area contributed by atoms with Crippen molar-refractivity contribution in [2.45, 2.75) is 0 Å². The van der Waals surface area contributed by atoms with Gasteiger partial charge in [0.2, 0.25) is 0 Å². The predicted molar refractivity (Wildman–Crippen MR) is 70.9 cm³/mol. The molecule has 0 unspecified atom stereocenters. The van der Waals surface area contributed by atoms with Gasteiger partial charge < -0.3 is 16.8 Å². The summed E-state index contributed by atoms with van der Waals surface area (Å²) < 4.78 is 1.62. The second-order valence-corrected chi connectivity index (χ2v) is 4.22. The lowest BCUT2D eigenvalue weighted by Gasteiger charge is -2.11. The first-order valence-electron chi connectivity index (χ1n) is 5.12. The molecule has 7 heteroatoms. The van der Waals surface area contributed by atoms with E-state index in [0.29, 0.717) is 22.1 Å². The van der Waals surface area contributed by atoms with Gasteiger partial charge >= 0.3 is 0 Å². The minimum atomic E-state index is -0.601. The molecule has 2 rings (SSSR count). The number of nitrogens with two attached hydrogens (primary N) is 2. The first-order valence-corrected chi connectivity index (χ1v) is 5.49. The highest BCUT2D eigenvalue weighted by atomic mass is 35.5. The normalized spacial score (nSPS) is 10.3. The molecule has 5 N–H and O–H groups in total. The monoisotopic (exact) mass is 265 g/mol. The van der Waals surface area contributed by atoms with Crippen LogP contribution >= 0.6 is 11.6 Å². The summed E-state index contributed by atoms with van der Waals surface area (Å²) in [5.41, 5.74) is 12.7. The van der Waals surface area contributed by atoms with E-state index in [0.717, 1.165) is 0 Å². The minimum Gasteiger partial charge on any atom is -0.399 e. The third kappa shape index (κ3) is 2.38. The topological polar surface area (TPSA) is 99.0 Å². The van der Waals surface area contributed by atoms with Crippen LogP contribution in [0.3, 0.4) is 0 Å². The molecule has 0 radical (unpaired) electrons. The van der Waals surface area contributed by atoms with E-state index in [-0.39, 0.29) is 5.56 Å². The highest BCUT2D eigenvalue weighted by Crippen LogP contribution is 2.31. The fourth-order valence-corrected chi connectivity index (χ4v) is 1.85. The fourth-order valence-electron chi connectivity index (χ4n) is 1.58. The number of nitrogens with zero attached hydrogens (tertiary/aromatic N) is 2. The number of aryl methyl sites for hydroxylation is 1. The van der Waals surface area contributed by atoms with Gasteiger partial charge in [-0.1, -0.05) is 11.6 Å². The van der Waals surface area contributed by atoms with Crippen LogP contribution in [-0.4, -0.2) is 15.7 Å². The number of carbonyl (C=O) groups is 1. The number of primary amides is 1. The largest absolute Gasteiger partial charge is 0.399 e. The highest BCUT2D eigenvalue weighted by molar-refractivity contribution is 6.34. The lowest BCUT2D eigenvalue weighted by Crippen LogP contribution is -2.14. The Morgan fingerprint density at radius 3 is 2.78 bits per heavy atom. The van der Waals surface area contributed by atoms with Crippen LogP contribution in [0, 0.1) is 0 Å². The first-order chi connectivity index (χ1) is 8.47. The molecule has 0 aliphatic rings. The number of anilines is 3. The molecule has 0 aliphatic heterocycles. The smallest absolute Gasteiger partial charge is 0.250 e. The molecular formula is C11H12ClN5O. The molecule has 0 saturated carbocycles. The maximum atomic E-state index is 11.4. The van der Waals surface area contributed by atoms with Crippen LogP contribution in [0.2, 0.25) is 5.02 Å². The van der Waals surface area contributed by atoms with Crippen molar-refractivity contribution < 1.29 is 4.79 Å². The van der Waals surface area contributed by atoms with E-state index in [1.54, 1.807) is 30.2 Å². The number of rotatable bonds is 3. The number of halogens is 1. The molecule has 0 saturated heterocycles. The average molecular weight is 266 g/mol. The van der Waals surface area contributed by atoms with Crippen LogP contribution < -0.4 is 16.8 Å². The Kier molecular flexibility index (Phi) is 3.12. The number of hydrogen-bond acceptors (Lipinski definition) is 4. The van der Waals surface area contributed by atoms with E-state index in [2.05, 4.69) is 10.4 Å². The van der Waals surface area contributed by atoms with Gasteiger partial charge in [0.05, 0.1) is 28.2 Å². The summed E-state index contributed by atoms with van der Waals surface area (Å²) >= 11 is 6.06. The average Bonchev–Trinajstić information content (AvgIpc) is 2.67. The van der Waals surface area contributed by atoms with E-state index < -0.39 is 5.91 Å². The third-order valence-electron chi connectivity index (χ3n) is 2.35. The Balaban J connectivity index is 2.46. The molecular weight excluding hydrogens is 254 g/mol. The lowest BCUT2D eigenvalue weighted by molar-refractivity contribution is 0.100. The highest BCUT2D eigenvalue weighted by Gasteiger charge is 2.14. The summed E-state index contributed by atoms with van der Waals surface area (Å²) in [5, 5.41) is 7.33. The van der Waals surface area contributed by atoms with E-state index in [4.69, 9.17) is 23.1 Å². The van der Waals surface area contributed by atoms with Crippen molar-refractivity contribution in [1.29, 1.82) is 0 Å². The number of nitrogens with one attached hydrogen (secondary N) is 1. The zero-order valence-electron chi connectivity index (χ0n) is 9.64. The van der Waals surface area contributed by atoms with Crippen molar-refractivity contribution in [1.82, 2.24) is 9.78 Å². The number of hydrogen-bond donors (Lipinski definition) is 3. The van der Waals surface area contributed by atoms with Gasteiger partial charge in [0, 0.05) is 18.9 Å². The Morgan fingerprint density at radius 1 is 1.50 bits per heavy atom. The number of benzene rings is 1. The maximum Gasteiger partial charge on any atom is 0.250 e. The first kappa shape index (κ1) is 12.3. The number of aromatic nitrogens is 2. The number of carbonyl (C=O) groups excluding carboxylic acids is 1. The van der Waals surface area contributed by atoms with Crippen molar-refractivity contribution in [3.05, 3.63) is 35.1 Å². The summed E-state index contributed by atoms with van der Waals surface area (Å²) in [7, 11) is 1.78. The molecule has 1 amide bonds. The van der Waals surface area contributed by atoms with Gasteiger partial charge in [-0.2, -0.15) is 5.10 Å². The maximum absolute atomic E-state index is 11.4. The number of amides is 1. The molecule has 18 heavy (non-hydrogen) atoms. The Bertz CT molecular complexity index is 607. The van der Waals surface area contributed by atoms with E-state index in [1.807, 2.05) is 0 Å². The second kappa shape index (κ2) is 4.58. The minimum absolute atomic E-state index is 0.240. The molecule has 0 aliphatic carbocycles. The van der Waals surface area contributed by atoms with Gasteiger partial charge in [-0.25, -0.2) is 0 Å². The third-order valence-corrected chi connectivity index (χ3v) is 2.65. The number of nitrogen functional groups attached to an aromatic ring is 1. The van der Waals surface area contributed by atoms with Crippen LogP contribution in [0.15, 0.2) is 24.5 Å². The van der Waals surface area contributed by atoms with E-state index >= 15 is 0 Å². The van der Waals surface area contributed by atoms with Crippen LogP contribution in [0.1, 0.15) is 10.4 Å². The van der Waals surface area contributed by atoms with E-state index in [1.165, 1.54) is 6.07 Å². The summed E-state index contributed by atoms with van der Waals surface area (Å²) in [6.07, 6.45) is 3.36. The zero-order chi connectivity index (χ0) is 13.3. The van der Waals surface area contributed by atoms with Crippen molar-refractivity contribution in [2.24, 2.45) is 12.8 Å². The van der Waals surface area contributed by atoms with Gasteiger partial charge in [-0.05, 0) is 12.1 Å². The van der Waals surface area contributed by atoms with Crippen molar-refractivity contribution >= 4 is 34.6 Å². The fraction of sp³-hybridized carbons (Fsp3) is 0.0909. The van der Waals surface area contributed by atoms with Crippen molar-refractivity contribution in [2.75, 3.05) is 11.1 Å². The van der Waals surface area contributed by atoms with Gasteiger partial charge in [-0.3, -0.25) is 9.48 Å². The summed E-state index contributed by atoms with van der Waals surface area (Å²) in [4.78, 5) is 11.4. The summed E-state index contributed by atoms with van der Waals surface area (Å²) in [5.74, 6) is -0.601. The molecule has 1 aromatic heterocycles. The van der Waals surface area contributed by atoms with Gasteiger partial charge in [0.25, 0.3) is 5.91 Å². The molecule has 6 nitrogen and oxygen atoms in total. The molecule has 0 atom stereocenters. The molecule has 94 valence electrons. The van der Waals surface area contributed by atoms with Crippen LogP contribution in [-0.2, 0) is 7.05 Å². The molecule has 0 spiro atoms. The lowest BCUT2D eigenvalue weighted by atomic mass is 10.1. The van der Waals surface area contributed by atoms with Crippen molar-refractivity contribution in [3.8, 4) is 0 Å². The Hall–Kier alpha value is -2.21. The van der Waals surface area contributed by atoms with Crippen LogP contribution in [0.5, 0.6) is 0 Å². The SMILES string of the molecule is Cn1cc(Nc2c(Cl)cc(N)cc2C(N)=O)cn1. The standard InChI is InChI=1S/C11H12ClN5O/c1-17-5-7(4-15-17)16-10-8(11(14)18)2-6(13)3-9(10)12/h2-5,16H,13H2,1H3,(H2,14,18). The molecule has 1 aromatic carbocycles. The summed E-state index contributed by atoms with van der Waals surface area (Å²) in [6.45, 7) is 0. The van der Waals surface area contributed by atoms with Crippen LogP contribution in [0.25, 0.3) is 0 Å². The predicted octanol–water partition coefficient (Wildman–Crippen LogP) is 1.50. The van der Waals surface area contributed by atoms with Gasteiger partial charge in [-0.15, -0.1) is 0 Å². The Morgan fingerprint density at radius 2 is 2.22 bits per heavy atom. The molecule has 0 bridgehead atoms. The van der Waals surface area contributed by atoms with Crippen molar-refractivity contribution in [3.63, 3.8) is 0 Å².